The molecule has 0 aliphatic carbocycles. The number of rotatable bonds is 5. The molecule has 2 aliphatic heterocycles. The molecule has 2 aliphatic rings. The Morgan fingerprint density at radius 1 is 1.31 bits per heavy atom. The van der Waals surface area contributed by atoms with Crippen LogP contribution in [0.3, 0.4) is 0 Å². The number of fused-ring (bicyclic) bond motifs is 1. The van der Waals surface area contributed by atoms with Crippen molar-refractivity contribution in [2.24, 2.45) is 5.92 Å². The Hall–Kier alpha value is -1.43. The zero-order valence-corrected chi connectivity index (χ0v) is 16.7. The van der Waals surface area contributed by atoms with Crippen LogP contribution in [0.15, 0.2) is 18.2 Å². The summed E-state index contributed by atoms with van der Waals surface area (Å²) in [5, 5.41) is 12.7. The predicted molar refractivity (Wildman–Crippen MR) is 105 cm³/mol. The van der Waals surface area contributed by atoms with E-state index in [1.54, 1.807) is 0 Å². The van der Waals surface area contributed by atoms with Gasteiger partial charge in [-0.05, 0) is 50.3 Å². The molecule has 1 aromatic rings. The number of carbonyl (C=O) groups is 1. The summed E-state index contributed by atoms with van der Waals surface area (Å²) in [4.78, 5) is 17.5. The third kappa shape index (κ3) is 3.53. The minimum Gasteiger partial charge on any atom is -0.395 e. The highest BCUT2D eigenvalue weighted by Crippen LogP contribution is 2.35. The molecule has 0 aromatic heterocycles. The van der Waals surface area contributed by atoms with Crippen molar-refractivity contribution >= 4 is 11.6 Å². The van der Waals surface area contributed by atoms with E-state index in [4.69, 9.17) is 0 Å². The quantitative estimate of drug-likeness (QED) is 0.848. The van der Waals surface area contributed by atoms with Crippen molar-refractivity contribution in [1.29, 1.82) is 0 Å². The monoisotopic (exact) mass is 359 g/mol. The Kier molecular flexibility index (Phi) is 5.70. The molecule has 26 heavy (non-hydrogen) atoms. The lowest BCUT2D eigenvalue weighted by molar-refractivity contribution is -0.120. The van der Waals surface area contributed by atoms with Crippen molar-refractivity contribution in [3.05, 3.63) is 29.3 Å². The van der Waals surface area contributed by atoms with E-state index >= 15 is 0 Å². The van der Waals surface area contributed by atoms with E-state index in [2.05, 4.69) is 61.1 Å². The maximum absolute atomic E-state index is 12.9. The number of benzene rings is 1. The molecule has 2 fully saturated rings. The number of para-hydroxylation sites is 1. The average Bonchev–Trinajstić information content (AvgIpc) is 3.15. The van der Waals surface area contributed by atoms with Crippen LogP contribution in [0.1, 0.15) is 44.2 Å². The van der Waals surface area contributed by atoms with Gasteiger partial charge in [0.2, 0.25) is 5.91 Å². The number of aliphatic hydroxyl groups is 1. The summed E-state index contributed by atoms with van der Waals surface area (Å²) >= 11 is 0. The second kappa shape index (κ2) is 7.67. The highest BCUT2D eigenvalue weighted by molar-refractivity contribution is 5.96. The molecule has 2 heterocycles. The van der Waals surface area contributed by atoms with Gasteiger partial charge >= 0.3 is 0 Å². The van der Waals surface area contributed by atoms with Crippen molar-refractivity contribution in [2.75, 3.05) is 32.1 Å². The maximum Gasteiger partial charge on any atom is 0.241 e. The minimum atomic E-state index is -0.152. The van der Waals surface area contributed by atoms with Crippen molar-refractivity contribution in [1.82, 2.24) is 9.80 Å². The number of anilines is 1. The van der Waals surface area contributed by atoms with Crippen LogP contribution in [0.25, 0.3) is 0 Å². The zero-order valence-electron chi connectivity index (χ0n) is 16.7. The lowest BCUT2D eigenvalue weighted by atomic mass is 9.98. The SMILES string of the molecule is Cc1cccc(C(C)C)c1NC(=O)C(C)N1C[C@@H]2C[C@@H](CO)N(C)[C@@H]2C1. The number of nitrogens with zero attached hydrogens (tertiary/aromatic N) is 2. The van der Waals surface area contributed by atoms with Gasteiger partial charge in [-0.1, -0.05) is 32.0 Å². The fourth-order valence-electron chi connectivity index (χ4n) is 4.62. The Bertz CT molecular complexity index is 661. The number of nitrogens with one attached hydrogen (secondary N) is 1. The number of aryl methyl sites for hydroxylation is 1. The largest absolute Gasteiger partial charge is 0.395 e. The van der Waals surface area contributed by atoms with Crippen LogP contribution in [0, 0.1) is 12.8 Å². The second-order valence-corrected chi connectivity index (χ2v) is 8.38. The van der Waals surface area contributed by atoms with Crippen LogP contribution in [0.4, 0.5) is 5.69 Å². The van der Waals surface area contributed by atoms with E-state index in [0.29, 0.717) is 17.9 Å². The van der Waals surface area contributed by atoms with Crippen LogP contribution < -0.4 is 5.32 Å². The summed E-state index contributed by atoms with van der Waals surface area (Å²) in [6.45, 7) is 10.4. The lowest BCUT2D eigenvalue weighted by Gasteiger charge is -2.28. The molecule has 5 heteroatoms. The number of likely N-dealkylation sites (tertiary alicyclic amines) is 2. The number of carbonyl (C=O) groups excluding carboxylic acids is 1. The Labute approximate surface area is 157 Å². The molecule has 2 N–H and O–H groups in total. The van der Waals surface area contributed by atoms with Gasteiger partial charge in [0.15, 0.2) is 0 Å². The summed E-state index contributed by atoms with van der Waals surface area (Å²) in [5.41, 5.74) is 3.27. The summed E-state index contributed by atoms with van der Waals surface area (Å²) in [5.74, 6) is 0.996. The Balaban J connectivity index is 1.67. The van der Waals surface area contributed by atoms with E-state index in [1.165, 1.54) is 5.56 Å². The first-order valence-electron chi connectivity index (χ1n) is 9.80. The first-order chi connectivity index (χ1) is 12.3. The molecule has 1 amide bonds. The highest BCUT2D eigenvalue weighted by atomic mass is 16.3. The van der Waals surface area contributed by atoms with Gasteiger partial charge in [-0.25, -0.2) is 0 Å². The van der Waals surface area contributed by atoms with Crippen molar-refractivity contribution in [3.8, 4) is 0 Å². The van der Waals surface area contributed by atoms with Gasteiger partial charge in [0.25, 0.3) is 0 Å². The Morgan fingerprint density at radius 2 is 2.04 bits per heavy atom. The molecule has 0 saturated carbocycles. The van der Waals surface area contributed by atoms with Crippen LogP contribution in [-0.4, -0.2) is 65.7 Å². The van der Waals surface area contributed by atoms with Gasteiger partial charge in [0.1, 0.15) is 0 Å². The summed E-state index contributed by atoms with van der Waals surface area (Å²) < 4.78 is 0. The minimum absolute atomic E-state index is 0.0718. The standard InChI is InChI=1S/C21H33N3O2/c1-13(2)18-8-6-7-14(3)20(18)22-21(26)15(4)24-10-16-9-17(12-25)23(5)19(16)11-24/h6-8,13,15-17,19,25H,9-12H2,1-5H3,(H,22,26)/t15?,16-,17-,19+/m0/s1. The molecular weight excluding hydrogens is 326 g/mol. The lowest BCUT2D eigenvalue weighted by Crippen LogP contribution is -2.44. The molecule has 0 radical (unpaired) electrons. The van der Waals surface area contributed by atoms with Crippen molar-refractivity contribution < 1.29 is 9.90 Å². The smallest absolute Gasteiger partial charge is 0.241 e. The van der Waals surface area contributed by atoms with Crippen molar-refractivity contribution in [3.63, 3.8) is 0 Å². The first kappa shape index (κ1) is 19.3. The van der Waals surface area contributed by atoms with E-state index in [1.807, 2.05) is 6.92 Å². The molecule has 1 aromatic carbocycles. The molecular formula is C21H33N3O2. The summed E-state index contributed by atoms with van der Waals surface area (Å²) in [7, 11) is 2.10. The molecule has 1 unspecified atom stereocenters. The van der Waals surface area contributed by atoms with Gasteiger partial charge in [-0.15, -0.1) is 0 Å². The molecule has 0 spiro atoms. The van der Waals surface area contributed by atoms with Gasteiger partial charge in [-0.2, -0.15) is 0 Å². The third-order valence-corrected chi connectivity index (χ3v) is 6.42. The number of hydrogen-bond donors (Lipinski definition) is 2. The van der Waals surface area contributed by atoms with Crippen LogP contribution >= 0.6 is 0 Å². The second-order valence-electron chi connectivity index (χ2n) is 8.38. The van der Waals surface area contributed by atoms with Crippen LogP contribution in [0.5, 0.6) is 0 Å². The average molecular weight is 360 g/mol. The van der Waals surface area contributed by atoms with E-state index in [0.717, 1.165) is 30.8 Å². The van der Waals surface area contributed by atoms with Gasteiger partial charge < -0.3 is 10.4 Å². The van der Waals surface area contributed by atoms with Gasteiger partial charge in [-0.3, -0.25) is 14.6 Å². The van der Waals surface area contributed by atoms with E-state index < -0.39 is 0 Å². The normalized spacial score (nSPS) is 27.7. The fraction of sp³-hybridized carbons (Fsp3) is 0.667. The summed E-state index contributed by atoms with van der Waals surface area (Å²) in [6.07, 6.45) is 1.03. The molecule has 2 saturated heterocycles. The number of amides is 1. The summed E-state index contributed by atoms with van der Waals surface area (Å²) in [6, 6.07) is 6.78. The molecule has 0 bridgehead atoms. The van der Waals surface area contributed by atoms with Gasteiger partial charge in [0, 0.05) is 30.9 Å². The van der Waals surface area contributed by atoms with Gasteiger partial charge in [0.05, 0.1) is 12.6 Å². The van der Waals surface area contributed by atoms with E-state index in [-0.39, 0.29) is 24.6 Å². The van der Waals surface area contributed by atoms with Crippen LogP contribution in [-0.2, 0) is 4.79 Å². The molecule has 4 atom stereocenters. The third-order valence-electron chi connectivity index (χ3n) is 6.42. The first-order valence-corrected chi connectivity index (χ1v) is 9.80. The number of likely N-dealkylation sites (N-methyl/N-ethyl adjacent to an activating group) is 1. The maximum atomic E-state index is 12.9. The zero-order chi connectivity index (χ0) is 19.0. The molecule has 5 nitrogen and oxygen atoms in total. The van der Waals surface area contributed by atoms with Crippen LogP contribution in [0.2, 0.25) is 0 Å². The van der Waals surface area contributed by atoms with Crippen molar-refractivity contribution in [2.45, 2.75) is 58.2 Å². The van der Waals surface area contributed by atoms with E-state index in [9.17, 15) is 9.90 Å². The number of aliphatic hydroxyl groups excluding tert-OH is 1. The molecule has 144 valence electrons. The predicted octanol–water partition coefficient (Wildman–Crippen LogP) is 2.44. The number of hydrogen-bond acceptors (Lipinski definition) is 4. The fourth-order valence-corrected chi connectivity index (χ4v) is 4.62. The Morgan fingerprint density at radius 3 is 2.65 bits per heavy atom. The topological polar surface area (TPSA) is 55.8 Å². The molecule has 3 rings (SSSR count). The highest BCUT2D eigenvalue weighted by Gasteiger charge is 2.46.